The van der Waals surface area contributed by atoms with Crippen molar-refractivity contribution in [3.05, 3.63) is 11.8 Å². The molecule has 0 radical (unpaired) electrons. The molecule has 2 heteroatoms. The van der Waals surface area contributed by atoms with Crippen molar-refractivity contribution in [2.45, 2.75) is 33.1 Å². The van der Waals surface area contributed by atoms with Gasteiger partial charge in [-0.05, 0) is 43.6 Å². The largest absolute Gasteiger partial charge is 0.315 e. The summed E-state index contributed by atoms with van der Waals surface area (Å²) in [6, 6.07) is 0. The molecule has 2 fully saturated rings. The monoisotopic (exact) mass is 214 g/mol. The van der Waals surface area contributed by atoms with Crippen LogP contribution in [0.25, 0.3) is 0 Å². The van der Waals surface area contributed by atoms with Crippen molar-refractivity contribution in [3.8, 4) is 11.8 Å². The van der Waals surface area contributed by atoms with Gasteiger partial charge in [-0.3, -0.25) is 0 Å². The van der Waals surface area contributed by atoms with Crippen LogP contribution in [0, 0.1) is 22.7 Å². The Bertz CT molecular complexity index is 445. The molecule has 2 unspecified atom stereocenters. The van der Waals surface area contributed by atoms with Crippen molar-refractivity contribution in [3.63, 3.8) is 0 Å². The molecule has 1 saturated carbocycles. The third-order valence-electron chi connectivity index (χ3n) is 4.25. The van der Waals surface area contributed by atoms with Gasteiger partial charge in [0.05, 0.1) is 5.41 Å². The van der Waals surface area contributed by atoms with Gasteiger partial charge in [0.2, 0.25) is 0 Å². The standard InChI is InChI=1S/C14H18N2/c1-11-4-3-5-12(16-11)6-7-14-8-13(14,2)9-15-10-14/h5,15H,3-4,8-10H2,1-2H3. The Kier molecular flexibility index (Phi) is 2.03. The topological polar surface area (TPSA) is 24.4 Å². The summed E-state index contributed by atoms with van der Waals surface area (Å²) in [6.45, 7) is 6.62. The van der Waals surface area contributed by atoms with E-state index in [1.165, 1.54) is 12.1 Å². The molecule has 0 spiro atoms. The summed E-state index contributed by atoms with van der Waals surface area (Å²) in [7, 11) is 0. The molecule has 0 aromatic rings. The Balaban J connectivity index is 1.79. The van der Waals surface area contributed by atoms with Crippen molar-refractivity contribution in [1.82, 2.24) is 5.32 Å². The maximum Gasteiger partial charge on any atom is 0.109 e. The maximum atomic E-state index is 4.50. The molecule has 3 aliphatic rings. The van der Waals surface area contributed by atoms with E-state index >= 15 is 0 Å². The van der Waals surface area contributed by atoms with E-state index in [1.54, 1.807) is 0 Å². The first kappa shape index (κ1) is 10.1. The minimum atomic E-state index is 0.259. The highest BCUT2D eigenvalue weighted by atomic mass is 15.0. The minimum absolute atomic E-state index is 0.259. The fourth-order valence-corrected chi connectivity index (χ4v) is 2.91. The Labute approximate surface area is 97.2 Å². The van der Waals surface area contributed by atoms with E-state index in [2.05, 4.69) is 42.1 Å². The van der Waals surface area contributed by atoms with E-state index in [0.29, 0.717) is 5.41 Å². The molecule has 84 valence electrons. The molecule has 0 amide bonds. The van der Waals surface area contributed by atoms with Crippen LogP contribution in [0.5, 0.6) is 0 Å². The fourth-order valence-electron chi connectivity index (χ4n) is 2.91. The van der Waals surface area contributed by atoms with Crippen molar-refractivity contribution in [1.29, 1.82) is 0 Å². The van der Waals surface area contributed by atoms with E-state index in [0.717, 1.165) is 31.6 Å². The van der Waals surface area contributed by atoms with E-state index in [1.807, 2.05) is 0 Å². The molecule has 16 heavy (non-hydrogen) atoms. The third-order valence-corrected chi connectivity index (χ3v) is 4.25. The van der Waals surface area contributed by atoms with Crippen LogP contribution < -0.4 is 5.32 Å². The molecular formula is C14H18N2. The van der Waals surface area contributed by atoms with Gasteiger partial charge in [0.1, 0.15) is 5.70 Å². The van der Waals surface area contributed by atoms with Crippen molar-refractivity contribution >= 4 is 5.71 Å². The van der Waals surface area contributed by atoms with Gasteiger partial charge < -0.3 is 5.32 Å². The minimum Gasteiger partial charge on any atom is -0.315 e. The van der Waals surface area contributed by atoms with Gasteiger partial charge in [0.25, 0.3) is 0 Å². The number of nitrogens with zero attached hydrogens (tertiary/aromatic N) is 1. The lowest BCUT2D eigenvalue weighted by atomic mass is 9.99. The second-order valence-corrected chi connectivity index (χ2v) is 5.65. The lowest BCUT2D eigenvalue weighted by Gasteiger charge is -2.06. The first-order valence-electron chi connectivity index (χ1n) is 6.12. The van der Waals surface area contributed by atoms with Gasteiger partial charge in [-0.15, -0.1) is 0 Å². The van der Waals surface area contributed by atoms with E-state index in [-0.39, 0.29) is 5.41 Å². The molecule has 0 aromatic heterocycles. The predicted molar refractivity (Wildman–Crippen MR) is 66.2 cm³/mol. The van der Waals surface area contributed by atoms with Crippen LogP contribution in [0.1, 0.15) is 33.1 Å². The summed E-state index contributed by atoms with van der Waals surface area (Å²) >= 11 is 0. The molecule has 3 rings (SSSR count). The second-order valence-electron chi connectivity index (χ2n) is 5.65. The van der Waals surface area contributed by atoms with Gasteiger partial charge in [0, 0.05) is 18.8 Å². The number of piperidine rings is 1. The van der Waals surface area contributed by atoms with E-state index in [9.17, 15) is 0 Å². The highest BCUT2D eigenvalue weighted by Crippen LogP contribution is 2.65. The molecule has 1 saturated heterocycles. The molecular weight excluding hydrogens is 196 g/mol. The second kappa shape index (κ2) is 3.21. The lowest BCUT2D eigenvalue weighted by molar-refractivity contribution is 0.547. The normalized spacial score (nSPS) is 40.4. The van der Waals surface area contributed by atoms with Crippen LogP contribution in [-0.2, 0) is 0 Å². The Morgan fingerprint density at radius 1 is 1.44 bits per heavy atom. The number of hydrogen-bond acceptors (Lipinski definition) is 2. The Morgan fingerprint density at radius 3 is 2.94 bits per heavy atom. The van der Waals surface area contributed by atoms with E-state index < -0.39 is 0 Å². The Hall–Kier alpha value is -1.07. The van der Waals surface area contributed by atoms with Crippen LogP contribution in [0.3, 0.4) is 0 Å². The van der Waals surface area contributed by atoms with Crippen LogP contribution in [0.4, 0.5) is 0 Å². The molecule has 2 nitrogen and oxygen atoms in total. The number of allylic oxidation sites excluding steroid dienone is 2. The summed E-state index contributed by atoms with van der Waals surface area (Å²) < 4.78 is 0. The SMILES string of the molecule is CC1=NC(C#CC23CNCC2(C)C3)=CCC1. The quantitative estimate of drug-likeness (QED) is 0.614. The number of nitrogens with one attached hydrogen (secondary N) is 1. The molecule has 2 aliphatic heterocycles. The van der Waals surface area contributed by atoms with Crippen LogP contribution in [-0.4, -0.2) is 18.8 Å². The number of hydrogen-bond donors (Lipinski definition) is 1. The summed E-state index contributed by atoms with van der Waals surface area (Å²) in [6.07, 6.45) is 5.62. The molecule has 0 aromatic carbocycles. The van der Waals surface area contributed by atoms with Crippen LogP contribution in [0.15, 0.2) is 16.8 Å². The van der Waals surface area contributed by atoms with Gasteiger partial charge >= 0.3 is 0 Å². The third kappa shape index (κ3) is 1.43. The zero-order valence-corrected chi connectivity index (χ0v) is 10.1. The molecule has 2 heterocycles. The first-order chi connectivity index (χ1) is 7.64. The zero-order valence-electron chi connectivity index (χ0n) is 10.1. The smallest absolute Gasteiger partial charge is 0.109 e. The number of rotatable bonds is 0. The summed E-state index contributed by atoms with van der Waals surface area (Å²) in [5.41, 5.74) is 2.90. The molecule has 1 N–H and O–H groups in total. The van der Waals surface area contributed by atoms with Crippen LogP contribution >= 0.6 is 0 Å². The average Bonchev–Trinajstić information content (AvgIpc) is 2.70. The number of fused-ring (bicyclic) bond motifs is 1. The highest BCUT2D eigenvalue weighted by Gasteiger charge is 2.66. The summed E-state index contributed by atoms with van der Waals surface area (Å²) in [5, 5.41) is 3.44. The van der Waals surface area contributed by atoms with Gasteiger partial charge in [-0.25, -0.2) is 4.99 Å². The van der Waals surface area contributed by atoms with E-state index in [4.69, 9.17) is 0 Å². The molecule has 2 atom stereocenters. The van der Waals surface area contributed by atoms with Crippen molar-refractivity contribution in [2.75, 3.05) is 13.1 Å². The fraction of sp³-hybridized carbons (Fsp3) is 0.643. The van der Waals surface area contributed by atoms with Gasteiger partial charge in [-0.1, -0.05) is 12.8 Å². The van der Waals surface area contributed by atoms with Crippen molar-refractivity contribution in [2.24, 2.45) is 15.8 Å². The summed E-state index contributed by atoms with van der Waals surface area (Å²) in [4.78, 5) is 4.50. The average molecular weight is 214 g/mol. The molecule has 1 aliphatic carbocycles. The van der Waals surface area contributed by atoms with Gasteiger partial charge in [0.15, 0.2) is 0 Å². The first-order valence-corrected chi connectivity index (χ1v) is 6.12. The summed E-state index contributed by atoms with van der Waals surface area (Å²) in [5.74, 6) is 6.76. The predicted octanol–water partition coefficient (Wildman–Crippen LogP) is 2.13. The molecule has 0 bridgehead atoms. The van der Waals surface area contributed by atoms with Crippen LogP contribution in [0.2, 0.25) is 0 Å². The zero-order chi connectivity index (χ0) is 11.2. The number of aliphatic imine (C=N–C) groups is 1. The van der Waals surface area contributed by atoms with Crippen molar-refractivity contribution < 1.29 is 0 Å². The van der Waals surface area contributed by atoms with Gasteiger partial charge in [-0.2, -0.15) is 0 Å². The lowest BCUT2D eigenvalue weighted by Crippen LogP contribution is -2.15. The maximum absolute atomic E-state index is 4.50. The Morgan fingerprint density at radius 2 is 2.31 bits per heavy atom. The highest BCUT2D eigenvalue weighted by molar-refractivity contribution is 5.84.